The second-order valence-electron chi connectivity index (χ2n) is 5.78. The molecule has 1 aromatic carbocycles. The summed E-state index contributed by atoms with van der Waals surface area (Å²) < 4.78 is 28.4. The topological polar surface area (TPSA) is 79.6 Å². The van der Waals surface area contributed by atoms with E-state index in [9.17, 15) is 13.2 Å². The number of carboxylic acids is 1. The summed E-state index contributed by atoms with van der Waals surface area (Å²) in [6.45, 7) is -0.218. The van der Waals surface area contributed by atoms with Crippen LogP contribution in [0.3, 0.4) is 0 Å². The minimum Gasteiger partial charge on any atom is -0.480 e. The number of hydrogen-bond acceptors (Lipinski definition) is 3. The maximum atomic E-state index is 12.8. The van der Waals surface area contributed by atoms with Crippen LogP contribution in [0.25, 0.3) is 10.9 Å². The van der Waals surface area contributed by atoms with Crippen molar-refractivity contribution in [2.45, 2.75) is 17.7 Å². The van der Waals surface area contributed by atoms with Crippen molar-refractivity contribution in [1.82, 2.24) is 8.87 Å². The molecule has 7 heteroatoms. The number of aromatic nitrogens is 1. The highest BCUT2D eigenvalue weighted by Crippen LogP contribution is 2.32. The monoisotopic (exact) mass is 322 g/mol. The fourth-order valence-corrected chi connectivity index (χ4v) is 4.02. The molecule has 1 aromatic heterocycles. The molecule has 0 bridgehead atoms. The molecule has 0 unspecified atom stereocenters. The zero-order valence-corrected chi connectivity index (χ0v) is 13.1. The molecular weight excluding hydrogens is 304 g/mol. The van der Waals surface area contributed by atoms with E-state index in [2.05, 4.69) is 0 Å². The Morgan fingerprint density at radius 3 is 2.73 bits per heavy atom. The molecular formula is C15H18N2O4S. The summed E-state index contributed by atoms with van der Waals surface area (Å²) in [7, 11) is -1.95. The fraction of sp³-hybridized carbons (Fsp3) is 0.400. The van der Waals surface area contributed by atoms with E-state index in [1.807, 2.05) is 23.9 Å². The number of sulfonamides is 1. The third kappa shape index (κ3) is 2.86. The van der Waals surface area contributed by atoms with Crippen LogP contribution in [-0.4, -0.2) is 41.5 Å². The Morgan fingerprint density at radius 2 is 2.09 bits per heavy atom. The minimum absolute atomic E-state index is 0.142. The van der Waals surface area contributed by atoms with Gasteiger partial charge in [-0.05, 0) is 42.3 Å². The fourth-order valence-electron chi connectivity index (χ4n) is 2.54. The molecule has 1 fully saturated rings. The number of aryl methyl sites for hydroxylation is 1. The molecule has 0 aliphatic heterocycles. The van der Waals surface area contributed by atoms with Gasteiger partial charge in [-0.3, -0.25) is 4.79 Å². The van der Waals surface area contributed by atoms with Gasteiger partial charge in [0.1, 0.15) is 6.54 Å². The van der Waals surface area contributed by atoms with E-state index in [0.717, 1.165) is 28.0 Å². The molecule has 22 heavy (non-hydrogen) atoms. The third-order valence-electron chi connectivity index (χ3n) is 3.97. The Kier molecular flexibility index (Phi) is 3.70. The van der Waals surface area contributed by atoms with Crippen molar-refractivity contribution in [3.8, 4) is 0 Å². The van der Waals surface area contributed by atoms with Gasteiger partial charge in [0, 0.05) is 25.3 Å². The second kappa shape index (κ2) is 5.40. The van der Waals surface area contributed by atoms with Crippen molar-refractivity contribution in [3.05, 3.63) is 30.5 Å². The molecule has 118 valence electrons. The zero-order valence-electron chi connectivity index (χ0n) is 12.3. The van der Waals surface area contributed by atoms with Crippen LogP contribution in [0.15, 0.2) is 35.4 Å². The van der Waals surface area contributed by atoms with E-state index < -0.39 is 22.5 Å². The number of rotatable bonds is 6. The lowest BCUT2D eigenvalue weighted by Gasteiger charge is -2.20. The maximum Gasteiger partial charge on any atom is 0.318 e. The van der Waals surface area contributed by atoms with Crippen molar-refractivity contribution >= 4 is 26.9 Å². The zero-order chi connectivity index (χ0) is 15.9. The molecule has 0 atom stereocenters. The van der Waals surface area contributed by atoms with Gasteiger partial charge in [-0.2, -0.15) is 4.31 Å². The van der Waals surface area contributed by atoms with Gasteiger partial charge in [-0.1, -0.05) is 6.07 Å². The van der Waals surface area contributed by atoms with Gasteiger partial charge in [0.25, 0.3) is 0 Å². The molecule has 3 rings (SSSR count). The van der Waals surface area contributed by atoms with Crippen LogP contribution < -0.4 is 0 Å². The highest BCUT2D eigenvalue weighted by molar-refractivity contribution is 7.89. The first kappa shape index (κ1) is 15.1. The molecule has 1 aliphatic rings. The molecule has 1 N–H and O–H groups in total. The molecule has 0 radical (unpaired) electrons. The van der Waals surface area contributed by atoms with Gasteiger partial charge in [-0.25, -0.2) is 8.42 Å². The highest BCUT2D eigenvalue weighted by Gasteiger charge is 2.33. The van der Waals surface area contributed by atoms with Crippen LogP contribution in [0.4, 0.5) is 0 Å². The smallest absolute Gasteiger partial charge is 0.318 e. The van der Waals surface area contributed by atoms with E-state index in [-0.39, 0.29) is 17.4 Å². The second-order valence-corrected chi connectivity index (χ2v) is 7.72. The molecule has 0 spiro atoms. The van der Waals surface area contributed by atoms with Crippen LogP contribution in [0.5, 0.6) is 0 Å². The summed E-state index contributed by atoms with van der Waals surface area (Å²) in [5.41, 5.74) is 0.808. The van der Waals surface area contributed by atoms with E-state index in [0.29, 0.717) is 0 Å². The van der Waals surface area contributed by atoms with Gasteiger partial charge in [0.15, 0.2) is 0 Å². The largest absolute Gasteiger partial charge is 0.480 e. The lowest BCUT2D eigenvalue weighted by Crippen LogP contribution is -2.37. The summed E-state index contributed by atoms with van der Waals surface area (Å²) in [5, 5.41) is 9.95. The molecule has 0 amide bonds. The Bertz CT molecular complexity index is 821. The van der Waals surface area contributed by atoms with E-state index >= 15 is 0 Å². The molecule has 1 saturated carbocycles. The normalized spacial score (nSPS) is 15.5. The summed E-state index contributed by atoms with van der Waals surface area (Å²) in [5.74, 6) is -0.850. The summed E-state index contributed by atoms with van der Waals surface area (Å²) >= 11 is 0. The first-order chi connectivity index (χ1) is 10.4. The first-order valence-electron chi connectivity index (χ1n) is 7.15. The quantitative estimate of drug-likeness (QED) is 0.877. The van der Waals surface area contributed by atoms with Crippen molar-refractivity contribution in [1.29, 1.82) is 0 Å². The number of carbonyl (C=O) groups is 1. The van der Waals surface area contributed by atoms with Gasteiger partial charge < -0.3 is 9.67 Å². The van der Waals surface area contributed by atoms with Gasteiger partial charge in [0.05, 0.1) is 4.90 Å². The van der Waals surface area contributed by atoms with E-state index in [4.69, 9.17) is 5.11 Å². The number of nitrogens with zero attached hydrogens (tertiary/aromatic N) is 2. The number of fused-ring (bicyclic) bond motifs is 1. The SMILES string of the molecule is Cn1ccc2ccc(S(=O)(=O)N(CC(=O)O)CC3CC3)cc21. The molecule has 6 nitrogen and oxygen atoms in total. The predicted molar refractivity (Wildman–Crippen MR) is 82.0 cm³/mol. The molecule has 1 aliphatic carbocycles. The lowest BCUT2D eigenvalue weighted by molar-refractivity contribution is -0.137. The van der Waals surface area contributed by atoms with E-state index in [1.165, 1.54) is 0 Å². The van der Waals surface area contributed by atoms with Crippen molar-refractivity contribution in [3.63, 3.8) is 0 Å². The molecule has 0 saturated heterocycles. The van der Waals surface area contributed by atoms with Crippen molar-refractivity contribution < 1.29 is 18.3 Å². The third-order valence-corrected chi connectivity index (χ3v) is 5.78. The highest BCUT2D eigenvalue weighted by atomic mass is 32.2. The van der Waals surface area contributed by atoms with Gasteiger partial charge >= 0.3 is 5.97 Å². The predicted octanol–water partition coefficient (Wildman–Crippen LogP) is 1.66. The maximum absolute atomic E-state index is 12.8. The average Bonchev–Trinajstić information content (AvgIpc) is 3.20. The number of hydrogen-bond donors (Lipinski definition) is 1. The Balaban J connectivity index is 1.99. The summed E-state index contributed by atoms with van der Waals surface area (Å²) in [6.07, 6.45) is 3.78. The van der Waals surface area contributed by atoms with Crippen LogP contribution in [0, 0.1) is 5.92 Å². The number of aliphatic carboxylic acids is 1. The first-order valence-corrected chi connectivity index (χ1v) is 8.59. The van der Waals surface area contributed by atoms with E-state index in [1.54, 1.807) is 18.2 Å². The van der Waals surface area contributed by atoms with Crippen LogP contribution >= 0.6 is 0 Å². The summed E-state index contributed by atoms with van der Waals surface area (Å²) in [6, 6.07) is 6.80. The summed E-state index contributed by atoms with van der Waals surface area (Å²) in [4.78, 5) is 11.1. The minimum atomic E-state index is -3.80. The molecule has 1 heterocycles. The standard InChI is InChI=1S/C15H18N2O4S/c1-16-7-6-12-4-5-13(8-14(12)16)22(20,21)17(10-15(18)19)9-11-2-3-11/h4-8,11H,2-3,9-10H2,1H3,(H,18,19). The average molecular weight is 322 g/mol. The molecule has 2 aromatic rings. The Hall–Kier alpha value is -1.86. The van der Waals surface area contributed by atoms with Crippen molar-refractivity contribution in [2.75, 3.05) is 13.1 Å². The number of carboxylic acid groups (broad SMARTS) is 1. The Labute approximate surface area is 129 Å². The Morgan fingerprint density at radius 1 is 1.36 bits per heavy atom. The van der Waals surface area contributed by atoms with Crippen LogP contribution in [-0.2, 0) is 21.9 Å². The van der Waals surface area contributed by atoms with Gasteiger partial charge in [0.2, 0.25) is 10.0 Å². The van der Waals surface area contributed by atoms with Crippen molar-refractivity contribution in [2.24, 2.45) is 13.0 Å². The number of benzene rings is 1. The van der Waals surface area contributed by atoms with Gasteiger partial charge in [-0.15, -0.1) is 0 Å². The lowest BCUT2D eigenvalue weighted by atomic mass is 10.2. The van der Waals surface area contributed by atoms with Crippen LogP contribution in [0.2, 0.25) is 0 Å². The van der Waals surface area contributed by atoms with Crippen LogP contribution in [0.1, 0.15) is 12.8 Å².